The first-order chi connectivity index (χ1) is 14.1. The van der Waals surface area contributed by atoms with E-state index in [-0.39, 0.29) is 17.4 Å². The maximum atomic E-state index is 11.7. The summed E-state index contributed by atoms with van der Waals surface area (Å²) < 4.78 is 10.7. The Bertz CT molecular complexity index is 959. The van der Waals surface area contributed by atoms with Crippen LogP contribution in [0.2, 0.25) is 0 Å². The van der Waals surface area contributed by atoms with Crippen molar-refractivity contribution in [1.29, 1.82) is 0 Å². The van der Waals surface area contributed by atoms with Gasteiger partial charge in [0.2, 0.25) is 5.82 Å². The summed E-state index contributed by atoms with van der Waals surface area (Å²) >= 11 is 0. The average Bonchev–Trinajstić information content (AvgIpc) is 2.74. The van der Waals surface area contributed by atoms with E-state index in [0.717, 1.165) is 19.3 Å². The van der Waals surface area contributed by atoms with E-state index in [4.69, 9.17) is 9.47 Å². The summed E-state index contributed by atoms with van der Waals surface area (Å²) in [6.45, 7) is 2.15. The summed E-state index contributed by atoms with van der Waals surface area (Å²) in [5, 5.41) is 14.7. The predicted octanol–water partition coefficient (Wildman–Crippen LogP) is 5.27. The number of benzene rings is 2. The second kappa shape index (κ2) is 9.50. The maximum absolute atomic E-state index is 11.7. The molecule has 0 spiro atoms. The molecule has 150 valence electrons. The molecule has 0 radical (unpaired) electrons. The fraction of sp³-hybridized carbons (Fsp3) is 0.238. The fourth-order valence-corrected chi connectivity index (χ4v) is 2.72. The maximum Gasteiger partial charge on any atom is 0.373 e. The minimum absolute atomic E-state index is 0.0646. The lowest BCUT2D eigenvalue weighted by atomic mass is 10.1. The molecule has 2 aromatic carbocycles. The third kappa shape index (κ3) is 5.19. The Labute approximate surface area is 168 Å². The zero-order valence-corrected chi connectivity index (χ0v) is 16.3. The summed E-state index contributed by atoms with van der Waals surface area (Å²) in [5.74, 6) is 0.977. The van der Waals surface area contributed by atoms with Crippen LogP contribution in [0, 0.1) is 10.1 Å². The third-order valence-electron chi connectivity index (χ3n) is 4.28. The molecule has 0 saturated carbocycles. The molecule has 1 heterocycles. The van der Waals surface area contributed by atoms with Crippen molar-refractivity contribution < 1.29 is 14.4 Å². The van der Waals surface area contributed by atoms with E-state index < -0.39 is 4.92 Å². The summed E-state index contributed by atoms with van der Waals surface area (Å²) in [4.78, 5) is 19.1. The number of aryl methyl sites for hydroxylation is 1. The van der Waals surface area contributed by atoms with Gasteiger partial charge in [0.25, 0.3) is 0 Å². The van der Waals surface area contributed by atoms with Gasteiger partial charge in [-0.25, -0.2) is 4.98 Å². The monoisotopic (exact) mass is 394 g/mol. The first kappa shape index (κ1) is 20.1. The fourth-order valence-electron chi connectivity index (χ4n) is 2.72. The summed E-state index contributed by atoms with van der Waals surface area (Å²) in [5.41, 5.74) is 1.58. The molecule has 1 N–H and O–H groups in total. The van der Waals surface area contributed by atoms with E-state index in [1.54, 1.807) is 31.4 Å². The predicted molar refractivity (Wildman–Crippen MR) is 110 cm³/mol. The second-order valence-electron chi connectivity index (χ2n) is 6.34. The van der Waals surface area contributed by atoms with Crippen LogP contribution < -0.4 is 14.8 Å². The van der Waals surface area contributed by atoms with Crippen LogP contribution in [0.1, 0.15) is 25.3 Å². The topological polar surface area (TPSA) is 99.4 Å². The van der Waals surface area contributed by atoms with Crippen LogP contribution in [0.3, 0.4) is 0 Å². The van der Waals surface area contributed by atoms with Crippen molar-refractivity contribution in [2.24, 2.45) is 0 Å². The van der Waals surface area contributed by atoms with Crippen molar-refractivity contribution in [2.45, 2.75) is 26.2 Å². The van der Waals surface area contributed by atoms with E-state index in [1.165, 1.54) is 11.9 Å². The lowest BCUT2D eigenvalue weighted by Gasteiger charge is -2.10. The molecule has 0 fully saturated rings. The highest BCUT2D eigenvalue weighted by molar-refractivity contribution is 5.68. The van der Waals surface area contributed by atoms with Gasteiger partial charge in [0.15, 0.2) is 0 Å². The van der Waals surface area contributed by atoms with Crippen LogP contribution in [0.4, 0.5) is 17.2 Å². The average molecular weight is 394 g/mol. The van der Waals surface area contributed by atoms with Crippen LogP contribution in [-0.2, 0) is 6.42 Å². The molecule has 3 aromatic rings. The van der Waals surface area contributed by atoms with Gasteiger partial charge >= 0.3 is 11.6 Å². The van der Waals surface area contributed by atoms with Crippen LogP contribution in [0.5, 0.6) is 17.4 Å². The van der Waals surface area contributed by atoms with Gasteiger partial charge in [-0.1, -0.05) is 25.5 Å². The molecule has 1 aromatic heterocycles. The molecular formula is C21H22N4O4. The number of nitro groups is 1. The van der Waals surface area contributed by atoms with Crippen molar-refractivity contribution >= 4 is 17.2 Å². The Morgan fingerprint density at radius 3 is 2.34 bits per heavy atom. The Morgan fingerprint density at radius 1 is 1.03 bits per heavy atom. The van der Waals surface area contributed by atoms with E-state index in [2.05, 4.69) is 22.2 Å². The highest BCUT2D eigenvalue weighted by Crippen LogP contribution is 2.35. The second-order valence-corrected chi connectivity index (χ2v) is 6.34. The standard InChI is InChI=1S/C21H22N4O4/c1-3-4-5-15-6-8-16(9-7-15)24-20-19(25(26)27)21(23-14-22-20)29-18-12-10-17(28-2)11-13-18/h6-14H,3-5H2,1-2H3,(H,22,23,24). The number of methoxy groups -OCH3 is 1. The van der Waals surface area contributed by atoms with Gasteiger partial charge in [0.05, 0.1) is 12.0 Å². The molecule has 0 atom stereocenters. The SMILES string of the molecule is CCCCc1ccc(Nc2ncnc(Oc3ccc(OC)cc3)c2[N+](=O)[O-])cc1. The van der Waals surface area contributed by atoms with E-state index >= 15 is 0 Å². The number of rotatable bonds is 9. The van der Waals surface area contributed by atoms with Crippen molar-refractivity contribution in [2.75, 3.05) is 12.4 Å². The van der Waals surface area contributed by atoms with Crippen LogP contribution in [0.15, 0.2) is 54.9 Å². The third-order valence-corrected chi connectivity index (χ3v) is 4.28. The first-order valence-electron chi connectivity index (χ1n) is 9.28. The molecule has 29 heavy (non-hydrogen) atoms. The Morgan fingerprint density at radius 2 is 1.72 bits per heavy atom. The van der Waals surface area contributed by atoms with Crippen LogP contribution in [0.25, 0.3) is 0 Å². The number of hydrogen-bond acceptors (Lipinski definition) is 7. The van der Waals surface area contributed by atoms with Gasteiger partial charge in [-0.3, -0.25) is 10.1 Å². The van der Waals surface area contributed by atoms with Gasteiger partial charge in [-0.2, -0.15) is 4.98 Å². The van der Waals surface area contributed by atoms with Gasteiger partial charge in [-0.05, 0) is 54.8 Å². The number of ether oxygens (including phenoxy) is 2. The minimum Gasteiger partial charge on any atom is -0.497 e. The molecule has 0 aliphatic carbocycles. The van der Waals surface area contributed by atoms with Crippen molar-refractivity contribution in [3.8, 4) is 17.4 Å². The van der Waals surface area contributed by atoms with E-state index in [0.29, 0.717) is 17.2 Å². The Balaban J connectivity index is 1.83. The highest BCUT2D eigenvalue weighted by Gasteiger charge is 2.25. The highest BCUT2D eigenvalue weighted by atomic mass is 16.6. The lowest BCUT2D eigenvalue weighted by molar-refractivity contribution is -0.385. The number of aromatic nitrogens is 2. The lowest BCUT2D eigenvalue weighted by Crippen LogP contribution is -2.03. The van der Waals surface area contributed by atoms with Gasteiger partial charge < -0.3 is 14.8 Å². The summed E-state index contributed by atoms with van der Waals surface area (Å²) in [6.07, 6.45) is 4.48. The van der Waals surface area contributed by atoms with Crippen molar-refractivity contribution in [3.05, 3.63) is 70.5 Å². The number of nitrogens with zero attached hydrogens (tertiary/aromatic N) is 3. The molecular weight excluding hydrogens is 372 g/mol. The molecule has 0 unspecified atom stereocenters. The largest absolute Gasteiger partial charge is 0.497 e. The van der Waals surface area contributed by atoms with E-state index in [1.807, 2.05) is 24.3 Å². The van der Waals surface area contributed by atoms with Crippen molar-refractivity contribution in [3.63, 3.8) is 0 Å². The Hall–Kier alpha value is -3.68. The van der Waals surface area contributed by atoms with Gasteiger partial charge in [0.1, 0.15) is 17.8 Å². The molecule has 8 nitrogen and oxygen atoms in total. The van der Waals surface area contributed by atoms with Gasteiger partial charge in [-0.15, -0.1) is 0 Å². The normalized spacial score (nSPS) is 10.4. The van der Waals surface area contributed by atoms with E-state index in [9.17, 15) is 10.1 Å². The smallest absolute Gasteiger partial charge is 0.373 e. The summed E-state index contributed by atoms with van der Waals surface area (Å²) in [6, 6.07) is 14.4. The Kier molecular flexibility index (Phi) is 6.57. The zero-order valence-electron chi connectivity index (χ0n) is 16.3. The summed E-state index contributed by atoms with van der Waals surface area (Å²) in [7, 11) is 1.55. The quantitative estimate of drug-likeness (QED) is 0.390. The molecule has 8 heteroatoms. The first-order valence-corrected chi connectivity index (χ1v) is 9.28. The molecule has 0 aliphatic rings. The number of nitrogens with one attached hydrogen (secondary N) is 1. The number of unbranched alkanes of at least 4 members (excludes halogenated alkanes) is 1. The van der Waals surface area contributed by atoms with Crippen LogP contribution in [-0.4, -0.2) is 22.0 Å². The molecule has 0 aliphatic heterocycles. The van der Waals surface area contributed by atoms with Gasteiger partial charge in [0, 0.05) is 5.69 Å². The van der Waals surface area contributed by atoms with Crippen LogP contribution >= 0.6 is 0 Å². The molecule has 0 bridgehead atoms. The minimum atomic E-state index is -0.559. The molecule has 0 saturated heterocycles. The molecule has 0 amide bonds. The molecule has 3 rings (SSSR count). The number of hydrogen-bond donors (Lipinski definition) is 1. The number of anilines is 2. The zero-order chi connectivity index (χ0) is 20.6. The van der Waals surface area contributed by atoms with Crippen molar-refractivity contribution in [1.82, 2.24) is 9.97 Å².